The Morgan fingerprint density at radius 1 is 1.50 bits per heavy atom. The molecule has 1 amide bonds. The molecule has 2 heterocycles. The minimum atomic E-state index is 0.0138. The molecule has 3 rings (SSSR count). The zero-order valence-corrected chi connectivity index (χ0v) is 12.0. The van der Waals surface area contributed by atoms with Gasteiger partial charge in [-0.3, -0.25) is 4.79 Å². The highest BCUT2D eigenvalue weighted by Gasteiger charge is 2.45. The Kier molecular flexibility index (Phi) is 3.81. The van der Waals surface area contributed by atoms with Crippen LogP contribution in [0.4, 0.5) is 0 Å². The Morgan fingerprint density at radius 2 is 2.35 bits per heavy atom. The number of morpholine rings is 1. The number of furan rings is 1. The Balaban J connectivity index is 1.77. The van der Waals surface area contributed by atoms with Crippen LogP contribution in [0, 0.1) is 6.92 Å². The van der Waals surface area contributed by atoms with Gasteiger partial charge >= 0.3 is 0 Å². The summed E-state index contributed by atoms with van der Waals surface area (Å²) in [5, 5.41) is 0. The lowest BCUT2D eigenvalue weighted by molar-refractivity contribution is -0.102. The molecule has 110 valence electrons. The van der Waals surface area contributed by atoms with Crippen LogP contribution >= 0.6 is 0 Å². The van der Waals surface area contributed by atoms with Gasteiger partial charge in [0.05, 0.1) is 30.6 Å². The van der Waals surface area contributed by atoms with Gasteiger partial charge < -0.3 is 18.8 Å². The molecule has 1 saturated carbocycles. The lowest BCUT2D eigenvalue weighted by Crippen LogP contribution is -2.53. The molecule has 2 fully saturated rings. The van der Waals surface area contributed by atoms with Gasteiger partial charge in [0, 0.05) is 13.2 Å². The second-order valence-corrected chi connectivity index (χ2v) is 5.36. The first kappa shape index (κ1) is 13.6. The summed E-state index contributed by atoms with van der Waals surface area (Å²) in [5.41, 5.74) is 0.658. The third-order valence-electron chi connectivity index (χ3n) is 4.27. The number of hydrogen-bond donors (Lipinski definition) is 0. The van der Waals surface area contributed by atoms with E-state index in [9.17, 15) is 4.79 Å². The average Bonchev–Trinajstić information content (AvgIpc) is 3.05. The number of carbonyl (C=O) groups is 1. The van der Waals surface area contributed by atoms with Crippen LogP contribution < -0.4 is 0 Å². The molecule has 1 aliphatic heterocycles. The van der Waals surface area contributed by atoms with Crippen molar-refractivity contribution in [2.75, 3.05) is 19.8 Å². The largest absolute Gasteiger partial charge is 0.469 e. The molecule has 0 spiro atoms. The Labute approximate surface area is 118 Å². The third kappa shape index (κ3) is 2.25. The van der Waals surface area contributed by atoms with Gasteiger partial charge in [-0.05, 0) is 32.8 Å². The normalized spacial score (nSPS) is 29.5. The summed E-state index contributed by atoms with van der Waals surface area (Å²) >= 11 is 0. The Morgan fingerprint density at radius 3 is 3.05 bits per heavy atom. The van der Waals surface area contributed by atoms with E-state index in [2.05, 4.69) is 0 Å². The van der Waals surface area contributed by atoms with Gasteiger partial charge in [-0.2, -0.15) is 0 Å². The summed E-state index contributed by atoms with van der Waals surface area (Å²) in [4.78, 5) is 14.6. The molecule has 0 N–H and O–H groups in total. The van der Waals surface area contributed by atoms with Gasteiger partial charge in [-0.25, -0.2) is 0 Å². The fraction of sp³-hybridized carbons (Fsp3) is 0.667. The van der Waals surface area contributed by atoms with Gasteiger partial charge in [0.25, 0.3) is 5.91 Å². The van der Waals surface area contributed by atoms with E-state index in [-0.39, 0.29) is 24.2 Å². The van der Waals surface area contributed by atoms with E-state index in [1.807, 2.05) is 18.7 Å². The van der Waals surface area contributed by atoms with E-state index < -0.39 is 0 Å². The average molecular weight is 279 g/mol. The maximum atomic E-state index is 12.7. The fourth-order valence-electron chi connectivity index (χ4n) is 3.32. The first-order valence-corrected chi connectivity index (χ1v) is 7.30. The molecular formula is C15H21NO4. The highest BCUT2D eigenvalue weighted by Crippen LogP contribution is 2.33. The van der Waals surface area contributed by atoms with Crippen molar-refractivity contribution in [2.45, 2.75) is 44.9 Å². The molecule has 0 aromatic carbocycles. The van der Waals surface area contributed by atoms with Crippen molar-refractivity contribution in [2.24, 2.45) is 0 Å². The van der Waals surface area contributed by atoms with Crippen molar-refractivity contribution in [1.82, 2.24) is 4.90 Å². The van der Waals surface area contributed by atoms with Crippen LogP contribution in [0.15, 0.2) is 16.7 Å². The van der Waals surface area contributed by atoms with E-state index in [1.165, 1.54) is 0 Å². The molecular weight excluding hydrogens is 258 g/mol. The summed E-state index contributed by atoms with van der Waals surface area (Å²) in [6.07, 6.45) is 3.60. The Bertz CT molecular complexity index is 484. The van der Waals surface area contributed by atoms with Crippen molar-refractivity contribution >= 4 is 5.91 Å². The van der Waals surface area contributed by atoms with Crippen LogP contribution in [0.5, 0.6) is 0 Å². The van der Waals surface area contributed by atoms with E-state index >= 15 is 0 Å². The Hall–Kier alpha value is -1.33. The van der Waals surface area contributed by atoms with Gasteiger partial charge in [-0.15, -0.1) is 0 Å². The molecule has 5 nitrogen and oxygen atoms in total. The first-order valence-electron chi connectivity index (χ1n) is 7.30. The van der Waals surface area contributed by atoms with Crippen molar-refractivity contribution in [3.63, 3.8) is 0 Å². The maximum Gasteiger partial charge on any atom is 0.257 e. The lowest BCUT2D eigenvalue weighted by Gasteiger charge is -2.39. The molecule has 0 radical (unpaired) electrons. The third-order valence-corrected chi connectivity index (χ3v) is 4.27. The molecule has 2 aliphatic rings. The van der Waals surface area contributed by atoms with E-state index in [4.69, 9.17) is 13.9 Å². The zero-order valence-electron chi connectivity index (χ0n) is 12.0. The molecule has 1 aromatic rings. The number of ether oxygens (including phenoxy) is 2. The first-order chi connectivity index (χ1) is 9.72. The molecule has 1 aromatic heterocycles. The van der Waals surface area contributed by atoms with E-state index in [1.54, 1.807) is 12.3 Å². The number of amides is 1. The van der Waals surface area contributed by atoms with E-state index in [0.717, 1.165) is 12.8 Å². The van der Waals surface area contributed by atoms with Gasteiger partial charge in [-0.1, -0.05) is 0 Å². The van der Waals surface area contributed by atoms with Crippen molar-refractivity contribution in [3.05, 3.63) is 23.7 Å². The highest BCUT2D eigenvalue weighted by atomic mass is 16.5. The molecule has 20 heavy (non-hydrogen) atoms. The number of hydrogen-bond acceptors (Lipinski definition) is 4. The number of aryl methyl sites for hydroxylation is 1. The predicted molar refractivity (Wildman–Crippen MR) is 72.7 cm³/mol. The predicted octanol–water partition coefficient (Wildman–Crippen LogP) is 2.00. The molecule has 3 atom stereocenters. The van der Waals surface area contributed by atoms with Crippen molar-refractivity contribution in [1.29, 1.82) is 0 Å². The second-order valence-electron chi connectivity index (χ2n) is 5.36. The van der Waals surface area contributed by atoms with Crippen LogP contribution in [0.1, 0.15) is 35.9 Å². The van der Waals surface area contributed by atoms with Crippen LogP contribution in [0.3, 0.4) is 0 Å². The molecule has 0 unspecified atom stereocenters. The number of fused-ring (bicyclic) bond motifs is 1. The summed E-state index contributed by atoms with van der Waals surface area (Å²) in [6, 6.07) is 1.87. The quantitative estimate of drug-likeness (QED) is 0.849. The van der Waals surface area contributed by atoms with Crippen LogP contribution in [-0.2, 0) is 9.47 Å². The summed E-state index contributed by atoms with van der Waals surface area (Å²) in [5.74, 6) is 0.726. The minimum Gasteiger partial charge on any atom is -0.469 e. The minimum absolute atomic E-state index is 0.0138. The summed E-state index contributed by atoms with van der Waals surface area (Å²) in [7, 11) is 0. The second kappa shape index (κ2) is 5.58. The maximum absolute atomic E-state index is 12.7. The van der Waals surface area contributed by atoms with Gasteiger partial charge in [0.2, 0.25) is 0 Å². The summed E-state index contributed by atoms with van der Waals surface area (Å²) in [6.45, 7) is 5.72. The highest BCUT2D eigenvalue weighted by molar-refractivity contribution is 5.95. The van der Waals surface area contributed by atoms with Crippen LogP contribution in [-0.4, -0.2) is 48.8 Å². The van der Waals surface area contributed by atoms with Gasteiger partial charge in [0.1, 0.15) is 11.9 Å². The zero-order chi connectivity index (χ0) is 14.1. The van der Waals surface area contributed by atoms with Gasteiger partial charge in [0.15, 0.2) is 0 Å². The fourth-order valence-corrected chi connectivity index (χ4v) is 3.32. The standard InChI is InChI=1S/C15H21NO4/c1-3-18-13-5-4-12-14(13)20-9-7-16(12)15(17)11-6-8-19-10(11)2/h6,8,12-14H,3-5,7,9H2,1-2H3/t12-,13+,14+/m0/s1. The molecule has 1 saturated heterocycles. The molecule has 0 bridgehead atoms. The van der Waals surface area contributed by atoms with Crippen LogP contribution in [0.25, 0.3) is 0 Å². The smallest absolute Gasteiger partial charge is 0.257 e. The number of carbonyl (C=O) groups excluding carboxylic acids is 1. The topological polar surface area (TPSA) is 51.9 Å². The van der Waals surface area contributed by atoms with Crippen molar-refractivity contribution < 1.29 is 18.7 Å². The molecule has 1 aliphatic carbocycles. The number of rotatable bonds is 3. The SMILES string of the molecule is CCO[C@@H]1CC[C@H]2[C@H]1OCCN2C(=O)c1ccoc1C. The summed E-state index contributed by atoms with van der Waals surface area (Å²) < 4.78 is 16.8. The monoisotopic (exact) mass is 279 g/mol. The van der Waals surface area contributed by atoms with Crippen LogP contribution in [0.2, 0.25) is 0 Å². The lowest BCUT2D eigenvalue weighted by atomic mass is 10.1. The number of nitrogens with zero attached hydrogens (tertiary/aromatic N) is 1. The van der Waals surface area contributed by atoms with E-state index in [0.29, 0.717) is 31.1 Å². The van der Waals surface area contributed by atoms with Crippen molar-refractivity contribution in [3.8, 4) is 0 Å². The molecule has 5 heteroatoms.